The van der Waals surface area contributed by atoms with E-state index in [0.717, 1.165) is 5.56 Å². The lowest BCUT2D eigenvalue weighted by Gasteiger charge is -2.21. The van der Waals surface area contributed by atoms with E-state index in [2.05, 4.69) is 36.7 Å². The van der Waals surface area contributed by atoms with Gasteiger partial charge in [-0.05, 0) is 51.5 Å². The fourth-order valence-corrected chi connectivity index (χ4v) is 4.47. The molecule has 2 N–H and O–H groups in total. The number of aliphatic hydroxyl groups excluding tert-OH is 1. The first-order chi connectivity index (χ1) is 18.0. The molecule has 2 atom stereocenters. The Morgan fingerprint density at radius 3 is 2.42 bits per heavy atom. The number of aryl methyl sites for hydroxylation is 1. The number of hydrogen-bond acceptors (Lipinski definition) is 10. The molecule has 0 saturated heterocycles. The predicted molar refractivity (Wildman–Crippen MR) is 144 cm³/mol. The van der Waals surface area contributed by atoms with Gasteiger partial charge in [0.05, 0.1) is 25.6 Å². The van der Waals surface area contributed by atoms with Crippen molar-refractivity contribution in [3.05, 3.63) is 66.3 Å². The van der Waals surface area contributed by atoms with Crippen molar-refractivity contribution in [2.24, 2.45) is 10.2 Å². The number of anilines is 1. The van der Waals surface area contributed by atoms with E-state index in [1.165, 1.54) is 25.7 Å². The minimum Gasteiger partial charge on any atom is -0.494 e. The fourth-order valence-electron chi connectivity index (χ4n) is 3.40. The number of nitrogens with one attached hydrogen (secondary N) is 1. The molecule has 0 aliphatic carbocycles. The Bertz CT molecular complexity index is 1460. The van der Waals surface area contributed by atoms with Gasteiger partial charge in [-0.1, -0.05) is 18.7 Å². The molecule has 0 saturated carbocycles. The average molecular weight is 542 g/mol. The Balaban J connectivity index is 2.12. The number of pyridine rings is 1. The number of aromatic nitrogens is 4. The summed E-state index contributed by atoms with van der Waals surface area (Å²) in [6.07, 6.45) is 3.44. The van der Waals surface area contributed by atoms with E-state index in [-0.39, 0.29) is 17.5 Å². The van der Waals surface area contributed by atoms with Crippen molar-refractivity contribution in [2.75, 3.05) is 18.9 Å². The molecule has 0 unspecified atom stereocenters. The number of ether oxygens (including phenoxy) is 2. The number of para-hydroxylation sites is 1. The maximum Gasteiger partial charge on any atom is 0.243 e. The lowest BCUT2D eigenvalue weighted by Crippen LogP contribution is -2.36. The maximum absolute atomic E-state index is 13.4. The Labute approximate surface area is 221 Å². The molecule has 2 aromatic heterocycles. The third-order valence-electron chi connectivity index (χ3n) is 5.68. The molecule has 0 radical (unpaired) electrons. The largest absolute Gasteiger partial charge is 0.494 e. The van der Waals surface area contributed by atoms with Crippen LogP contribution in [0.15, 0.2) is 70.9 Å². The summed E-state index contributed by atoms with van der Waals surface area (Å²) in [6.45, 7) is 10.3. The summed E-state index contributed by atoms with van der Waals surface area (Å²) in [6, 6.07) is 6.96. The first kappa shape index (κ1) is 28.5. The highest BCUT2D eigenvalue weighted by molar-refractivity contribution is 7.93. The topological polar surface area (TPSA) is 153 Å². The van der Waals surface area contributed by atoms with Crippen molar-refractivity contribution < 1.29 is 23.0 Å². The standard InChI is InChI=1S/C25H31N7O5S/c1-8-16(3)27-28-17(4)23(33)18(5)38(34,35)31-25-30-29-24(19-12-15(2)13-26-14-19)32(25)22-20(36-6)10-9-11-21(22)37-7/h8-14,18,23,33H,4H2,1-3,5-7H3,(H,30,31)/b16-8-,28-27?/t18-,23+/m1/s1. The first-order valence-electron chi connectivity index (χ1n) is 11.6. The molecule has 0 aliphatic rings. The van der Waals surface area contributed by atoms with Gasteiger partial charge in [-0.15, -0.1) is 10.2 Å². The van der Waals surface area contributed by atoms with Crippen LogP contribution in [0.4, 0.5) is 5.95 Å². The van der Waals surface area contributed by atoms with Gasteiger partial charge in [-0.2, -0.15) is 10.2 Å². The zero-order valence-electron chi connectivity index (χ0n) is 22.1. The Morgan fingerprint density at radius 2 is 1.84 bits per heavy atom. The maximum atomic E-state index is 13.4. The van der Waals surface area contributed by atoms with Crippen molar-refractivity contribution in [1.82, 2.24) is 19.7 Å². The molecule has 0 amide bonds. The molecule has 38 heavy (non-hydrogen) atoms. The van der Waals surface area contributed by atoms with E-state index in [1.54, 1.807) is 50.5 Å². The molecule has 1 aromatic carbocycles. The molecule has 0 bridgehead atoms. The number of rotatable bonds is 11. The highest BCUT2D eigenvalue weighted by atomic mass is 32.2. The molecule has 0 fully saturated rings. The lowest BCUT2D eigenvalue weighted by atomic mass is 10.2. The lowest BCUT2D eigenvalue weighted by molar-refractivity contribution is 0.206. The number of methoxy groups -OCH3 is 2. The summed E-state index contributed by atoms with van der Waals surface area (Å²) >= 11 is 0. The monoisotopic (exact) mass is 541 g/mol. The van der Waals surface area contributed by atoms with Crippen molar-refractivity contribution in [3.8, 4) is 28.6 Å². The van der Waals surface area contributed by atoms with Gasteiger partial charge in [0.2, 0.25) is 16.0 Å². The van der Waals surface area contributed by atoms with E-state index in [1.807, 2.05) is 13.0 Å². The fraction of sp³-hybridized carbons (Fsp3) is 0.320. The van der Waals surface area contributed by atoms with Crippen LogP contribution in [-0.2, 0) is 10.0 Å². The quantitative estimate of drug-likeness (QED) is 0.345. The van der Waals surface area contributed by atoms with Crippen LogP contribution < -0.4 is 14.2 Å². The number of benzene rings is 1. The van der Waals surface area contributed by atoms with E-state index >= 15 is 0 Å². The second-order valence-corrected chi connectivity index (χ2v) is 10.4. The number of allylic oxidation sites excluding steroid dienone is 2. The van der Waals surface area contributed by atoms with Crippen LogP contribution in [0.1, 0.15) is 26.3 Å². The van der Waals surface area contributed by atoms with Gasteiger partial charge >= 0.3 is 0 Å². The molecule has 3 aromatic rings. The highest BCUT2D eigenvalue weighted by Crippen LogP contribution is 2.37. The third-order valence-corrected chi connectivity index (χ3v) is 7.39. The van der Waals surface area contributed by atoms with Gasteiger partial charge < -0.3 is 14.6 Å². The number of hydrogen-bond donors (Lipinski definition) is 2. The van der Waals surface area contributed by atoms with Gasteiger partial charge in [-0.25, -0.2) is 8.42 Å². The van der Waals surface area contributed by atoms with Crippen LogP contribution >= 0.6 is 0 Å². The van der Waals surface area contributed by atoms with E-state index in [0.29, 0.717) is 28.4 Å². The number of sulfonamides is 1. The molecular formula is C25H31N7O5S. The summed E-state index contributed by atoms with van der Waals surface area (Å²) < 4.78 is 41.8. The van der Waals surface area contributed by atoms with Crippen LogP contribution in [0.25, 0.3) is 17.1 Å². The van der Waals surface area contributed by atoms with Gasteiger partial charge in [-0.3, -0.25) is 14.3 Å². The van der Waals surface area contributed by atoms with Gasteiger partial charge in [0.25, 0.3) is 0 Å². The Hall–Kier alpha value is -4.10. The average Bonchev–Trinajstić information content (AvgIpc) is 3.32. The zero-order chi connectivity index (χ0) is 28.0. The van der Waals surface area contributed by atoms with Crippen LogP contribution in [0.3, 0.4) is 0 Å². The molecule has 0 spiro atoms. The smallest absolute Gasteiger partial charge is 0.243 e. The Morgan fingerprint density at radius 1 is 1.18 bits per heavy atom. The zero-order valence-corrected chi connectivity index (χ0v) is 22.9. The molecular weight excluding hydrogens is 510 g/mol. The summed E-state index contributed by atoms with van der Waals surface area (Å²) in [5, 5.41) is 25.4. The van der Waals surface area contributed by atoms with Crippen molar-refractivity contribution >= 4 is 16.0 Å². The Kier molecular flexibility index (Phi) is 8.96. The molecule has 2 heterocycles. The predicted octanol–water partition coefficient (Wildman–Crippen LogP) is 4.04. The molecule has 12 nitrogen and oxygen atoms in total. The van der Waals surface area contributed by atoms with Crippen LogP contribution in [0, 0.1) is 6.92 Å². The van der Waals surface area contributed by atoms with Crippen molar-refractivity contribution in [1.29, 1.82) is 0 Å². The minimum absolute atomic E-state index is 0.108. The SMILES string of the molecule is C=C(N=N/C(C)=C\C)[C@H](O)[C@@H](C)S(=O)(=O)Nc1nnc(-c2cncc(C)c2)n1-c1c(OC)cccc1OC. The number of aliphatic hydroxyl groups is 1. The summed E-state index contributed by atoms with van der Waals surface area (Å²) in [7, 11) is -1.28. The molecule has 202 valence electrons. The van der Waals surface area contributed by atoms with Gasteiger partial charge in [0.1, 0.15) is 28.5 Å². The summed E-state index contributed by atoms with van der Waals surface area (Å²) in [5.41, 5.74) is 2.29. The summed E-state index contributed by atoms with van der Waals surface area (Å²) in [4.78, 5) is 4.22. The van der Waals surface area contributed by atoms with Crippen LogP contribution in [0.5, 0.6) is 11.5 Å². The normalized spacial score (nSPS) is 13.8. The van der Waals surface area contributed by atoms with Crippen molar-refractivity contribution in [2.45, 2.75) is 39.0 Å². The van der Waals surface area contributed by atoms with Crippen LogP contribution in [-0.4, -0.2) is 58.8 Å². The van der Waals surface area contributed by atoms with E-state index in [9.17, 15) is 13.5 Å². The second kappa shape index (κ2) is 12.0. The molecule has 13 heteroatoms. The number of nitrogens with zero attached hydrogens (tertiary/aromatic N) is 6. The van der Waals surface area contributed by atoms with Crippen LogP contribution in [0.2, 0.25) is 0 Å². The highest BCUT2D eigenvalue weighted by Gasteiger charge is 2.33. The van der Waals surface area contributed by atoms with E-state index < -0.39 is 21.4 Å². The van der Waals surface area contributed by atoms with Crippen molar-refractivity contribution in [3.63, 3.8) is 0 Å². The third kappa shape index (κ3) is 6.06. The second-order valence-electron chi connectivity index (χ2n) is 8.36. The molecule has 3 rings (SSSR count). The molecule has 0 aliphatic heterocycles. The van der Waals surface area contributed by atoms with E-state index in [4.69, 9.17) is 9.47 Å². The first-order valence-corrected chi connectivity index (χ1v) is 13.1. The van der Waals surface area contributed by atoms with Gasteiger partial charge in [0.15, 0.2) is 5.82 Å². The summed E-state index contributed by atoms with van der Waals surface area (Å²) in [5.74, 6) is 0.899. The van der Waals surface area contributed by atoms with Gasteiger partial charge in [0, 0.05) is 18.0 Å². The number of azo groups is 1. The minimum atomic E-state index is -4.25.